The highest BCUT2D eigenvalue weighted by Crippen LogP contribution is 2.37. The van der Waals surface area contributed by atoms with E-state index in [9.17, 15) is 20.0 Å². The molecule has 9 nitrogen and oxygen atoms in total. The van der Waals surface area contributed by atoms with Crippen LogP contribution in [0.2, 0.25) is 5.02 Å². The van der Waals surface area contributed by atoms with Gasteiger partial charge in [-0.1, -0.05) is 48.4 Å². The summed E-state index contributed by atoms with van der Waals surface area (Å²) >= 11 is 6.83. The van der Waals surface area contributed by atoms with E-state index in [0.29, 0.717) is 60.2 Å². The molecule has 1 atom stereocenters. The van der Waals surface area contributed by atoms with Crippen molar-refractivity contribution in [3.05, 3.63) is 111 Å². The van der Waals surface area contributed by atoms with Gasteiger partial charge in [-0.3, -0.25) is 19.5 Å². The maximum atomic E-state index is 13.3. The molecule has 0 spiro atoms. The minimum Gasteiger partial charge on any atom is -0.488 e. The van der Waals surface area contributed by atoms with Gasteiger partial charge in [0, 0.05) is 54.8 Å². The lowest BCUT2D eigenvalue weighted by molar-refractivity contribution is -0.144. The minimum atomic E-state index is -0.840. The van der Waals surface area contributed by atoms with Crippen molar-refractivity contribution < 1.29 is 24.2 Å². The van der Waals surface area contributed by atoms with Crippen LogP contribution in [0, 0.1) is 25.2 Å². The molecule has 1 fully saturated rings. The molecule has 4 aromatic rings. The molecular formula is C40H43ClN4O5. The number of carbonyl (C=O) groups excluding carboxylic acids is 1. The molecule has 0 radical (unpaired) electrons. The second-order valence-corrected chi connectivity index (χ2v) is 12.9. The van der Waals surface area contributed by atoms with Gasteiger partial charge in [-0.15, -0.1) is 0 Å². The van der Waals surface area contributed by atoms with E-state index in [1.54, 1.807) is 24.4 Å². The number of benzene rings is 3. The largest absolute Gasteiger partial charge is 0.488 e. The minimum absolute atomic E-state index is 0.0235. The van der Waals surface area contributed by atoms with Crippen LogP contribution in [0.3, 0.4) is 0 Å². The molecular weight excluding hydrogens is 652 g/mol. The smallest absolute Gasteiger partial charge is 0.320 e. The molecule has 5 rings (SSSR count). The highest BCUT2D eigenvalue weighted by atomic mass is 35.5. The van der Waals surface area contributed by atoms with Gasteiger partial charge in [-0.25, -0.2) is 0 Å². The van der Waals surface area contributed by atoms with Crippen molar-refractivity contribution in [3.8, 4) is 28.7 Å². The first kappa shape index (κ1) is 36.4. The van der Waals surface area contributed by atoms with Crippen LogP contribution in [-0.4, -0.2) is 57.4 Å². The molecule has 1 aromatic heterocycles. The van der Waals surface area contributed by atoms with Crippen molar-refractivity contribution >= 4 is 23.5 Å². The number of rotatable bonds is 13. The molecule has 10 heteroatoms. The predicted molar refractivity (Wildman–Crippen MR) is 193 cm³/mol. The summed E-state index contributed by atoms with van der Waals surface area (Å²) in [6.07, 6.45) is 5.50. The number of piperidine rings is 1. The van der Waals surface area contributed by atoms with Gasteiger partial charge in [0.25, 0.3) is 5.91 Å². The second-order valence-electron chi connectivity index (χ2n) is 12.5. The number of halogens is 1. The van der Waals surface area contributed by atoms with Gasteiger partial charge in [0.15, 0.2) is 0 Å². The maximum Gasteiger partial charge on any atom is 0.320 e. The molecule has 3 aromatic carbocycles. The van der Waals surface area contributed by atoms with E-state index < -0.39 is 12.0 Å². The summed E-state index contributed by atoms with van der Waals surface area (Å²) in [6.45, 7) is 10.7. The first-order chi connectivity index (χ1) is 24.1. The quantitative estimate of drug-likeness (QED) is 0.150. The van der Waals surface area contributed by atoms with Crippen LogP contribution in [0.25, 0.3) is 11.1 Å². The summed E-state index contributed by atoms with van der Waals surface area (Å²) < 4.78 is 12.6. The number of carboxylic acids is 1. The number of nitriles is 1. The van der Waals surface area contributed by atoms with Crippen LogP contribution in [0.5, 0.6) is 11.5 Å². The Kier molecular flexibility index (Phi) is 12.1. The molecule has 1 aliphatic rings. The van der Waals surface area contributed by atoms with Crippen molar-refractivity contribution in [2.75, 3.05) is 19.6 Å². The van der Waals surface area contributed by atoms with E-state index in [1.807, 2.05) is 67.8 Å². The highest BCUT2D eigenvalue weighted by molar-refractivity contribution is 6.32. The number of aromatic nitrogens is 1. The van der Waals surface area contributed by atoms with Crippen LogP contribution in [0.15, 0.2) is 67.0 Å². The Labute approximate surface area is 299 Å². The summed E-state index contributed by atoms with van der Waals surface area (Å²) in [4.78, 5) is 33.2. The van der Waals surface area contributed by atoms with E-state index in [2.05, 4.69) is 17.1 Å². The Morgan fingerprint density at radius 1 is 0.960 bits per heavy atom. The zero-order valence-electron chi connectivity index (χ0n) is 29.0. The third kappa shape index (κ3) is 8.27. The molecule has 50 heavy (non-hydrogen) atoms. The van der Waals surface area contributed by atoms with Crippen LogP contribution < -0.4 is 9.47 Å². The normalized spacial score (nSPS) is 14.5. The summed E-state index contributed by atoms with van der Waals surface area (Å²) in [6, 6.07) is 18.7. The van der Waals surface area contributed by atoms with Crippen molar-refractivity contribution in [3.63, 3.8) is 0 Å². The number of carbonyl (C=O) groups is 2. The number of aliphatic carboxylic acids is 1. The van der Waals surface area contributed by atoms with Crippen LogP contribution >= 0.6 is 11.6 Å². The van der Waals surface area contributed by atoms with Crippen LogP contribution in [-0.2, 0) is 24.6 Å². The number of nitrogens with zero attached hydrogens (tertiary/aromatic N) is 4. The Balaban J connectivity index is 1.42. The van der Waals surface area contributed by atoms with Crippen LogP contribution in [0.1, 0.15) is 76.8 Å². The Morgan fingerprint density at radius 3 is 2.40 bits per heavy atom. The summed E-state index contributed by atoms with van der Waals surface area (Å²) in [7, 11) is 0. The SMILES string of the molecule is CCN(CC)C(=O)c1cccc(-c2cccc(COc3cc(OCc4cncc(C#N)c4)c(CN4CCCCC4C(=O)O)cc3Cl)c2C)c1C. The van der Waals surface area contributed by atoms with Gasteiger partial charge in [0.2, 0.25) is 0 Å². The number of pyridine rings is 1. The molecule has 0 saturated carbocycles. The van der Waals surface area contributed by atoms with E-state index in [0.717, 1.165) is 51.8 Å². The average Bonchev–Trinajstić information content (AvgIpc) is 3.12. The monoisotopic (exact) mass is 694 g/mol. The van der Waals surface area contributed by atoms with E-state index in [-0.39, 0.29) is 19.1 Å². The molecule has 1 aliphatic heterocycles. The highest BCUT2D eigenvalue weighted by Gasteiger charge is 2.29. The molecule has 1 unspecified atom stereocenters. The van der Waals surface area contributed by atoms with E-state index in [1.165, 1.54) is 6.20 Å². The Bertz CT molecular complexity index is 1900. The van der Waals surface area contributed by atoms with Crippen molar-refractivity contribution in [2.45, 2.75) is 72.8 Å². The lowest BCUT2D eigenvalue weighted by atomic mass is 9.91. The molecule has 1 N–H and O–H groups in total. The number of ether oxygens (including phenoxy) is 2. The van der Waals surface area contributed by atoms with Gasteiger partial charge in [0.05, 0.1) is 10.6 Å². The average molecular weight is 695 g/mol. The fourth-order valence-corrected chi connectivity index (χ4v) is 6.78. The summed E-state index contributed by atoms with van der Waals surface area (Å²) in [5, 5.41) is 19.6. The molecule has 0 bridgehead atoms. The Hall–Kier alpha value is -4.91. The van der Waals surface area contributed by atoms with Gasteiger partial charge >= 0.3 is 5.97 Å². The number of hydrogen-bond acceptors (Lipinski definition) is 7. The first-order valence-corrected chi connectivity index (χ1v) is 17.4. The van der Waals surface area contributed by atoms with Gasteiger partial charge in [-0.05, 0) is 93.1 Å². The molecule has 2 heterocycles. The van der Waals surface area contributed by atoms with Gasteiger partial charge in [-0.2, -0.15) is 5.26 Å². The summed E-state index contributed by atoms with van der Waals surface area (Å²) in [5.74, 6) is 0.121. The zero-order chi connectivity index (χ0) is 35.8. The molecule has 0 aliphatic carbocycles. The van der Waals surface area contributed by atoms with E-state index in [4.69, 9.17) is 21.1 Å². The number of amides is 1. The lowest BCUT2D eigenvalue weighted by Gasteiger charge is -2.33. The lowest BCUT2D eigenvalue weighted by Crippen LogP contribution is -2.44. The number of hydrogen-bond donors (Lipinski definition) is 1. The second kappa shape index (κ2) is 16.7. The van der Waals surface area contributed by atoms with Crippen molar-refractivity contribution in [2.24, 2.45) is 0 Å². The maximum absolute atomic E-state index is 13.3. The number of likely N-dealkylation sites (tertiary alicyclic amines) is 1. The van der Waals surface area contributed by atoms with Gasteiger partial charge < -0.3 is 19.5 Å². The molecule has 260 valence electrons. The van der Waals surface area contributed by atoms with Crippen molar-refractivity contribution in [1.82, 2.24) is 14.8 Å². The summed E-state index contributed by atoms with van der Waals surface area (Å²) in [5.41, 5.74) is 7.52. The third-order valence-corrected chi connectivity index (χ3v) is 9.74. The van der Waals surface area contributed by atoms with Crippen LogP contribution in [0.4, 0.5) is 0 Å². The van der Waals surface area contributed by atoms with Crippen molar-refractivity contribution in [1.29, 1.82) is 5.26 Å². The fourth-order valence-electron chi connectivity index (χ4n) is 6.54. The molecule has 1 amide bonds. The number of carboxylic acid groups (broad SMARTS) is 1. The Morgan fingerprint density at radius 2 is 1.68 bits per heavy atom. The predicted octanol–water partition coefficient (Wildman–Crippen LogP) is 7.97. The fraction of sp³-hybridized carbons (Fsp3) is 0.350. The van der Waals surface area contributed by atoms with Gasteiger partial charge in [0.1, 0.15) is 36.8 Å². The first-order valence-electron chi connectivity index (χ1n) is 17.0. The molecule has 1 saturated heterocycles. The van der Waals surface area contributed by atoms with E-state index >= 15 is 0 Å². The third-order valence-electron chi connectivity index (χ3n) is 9.44. The standard InChI is InChI=1S/C40H43ClN4O5/c1-5-44(6-2)39(46)34-14-10-13-33(27(34)4)32-12-9-11-30(26(32)3)25-50-38-19-37(49-24-29-17-28(20-42)21-43-22-29)31(18-35(38)41)23-45-16-8-7-15-36(45)40(47)48/h9-14,17-19,21-22,36H,5-8,15-16,23-25H2,1-4H3,(H,47,48). The zero-order valence-corrected chi connectivity index (χ0v) is 29.8. The topological polar surface area (TPSA) is 116 Å².